The van der Waals surface area contributed by atoms with Crippen LogP contribution >= 0.6 is 0 Å². The van der Waals surface area contributed by atoms with Gasteiger partial charge in [-0.3, -0.25) is 9.59 Å². The van der Waals surface area contributed by atoms with E-state index in [1.807, 2.05) is 0 Å². The van der Waals surface area contributed by atoms with Crippen molar-refractivity contribution in [1.82, 2.24) is 9.88 Å². The van der Waals surface area contributed by atoms with E-state index in [1.54, 1.807) is 19.1 Å². The van der Waals surface area contributed by atoms with Gasteiger partial charge in [0.1, 0.15) is 11.6 Å². The van der Waals surface area contributed by atoms with Gasteiger partial charge in [0.2, 0.25) is 0 Å². The first kappa shape index (κ1) is 23.8. The quantitative estimate of drug-likeness (QED) is 0.349. The van der Waals surface area contributed by atoms with E-state index >= 15 is 0 Å². The maximum Gasteiger partial charge on any atom is 0.261 e. The summed E-state index contributed by atoms with van der Waals surface area (Å²) in [7, 11) is 0. The van der Waals surface area contributed by atoms with Gasteiger partial charge in [0.05, 0.1) is 17.5 Å². The molecule has 1 saturated carbocycles. The average Bonchev–Trinajstić information content (AvgIpc) is 3.68. The molecule has 3 aromatic carbocycles. The van der Waals surface area contributed by atoms with Gasteiger partial charge in [-0.05, 0) is 66.6 Å². The van der Waals surface area contributed by atoms with E-state index in [2.05, 4.69) is 5.32 Å². The minimum absolute atomic E-state index is 0.0565. The molecule has 0 bridgehead atoms. The summed E-state index contributed by atoms with van der Waals surface area (Å²) in [6, 6.07) is 12.0. The number of carbonyl (C=O) groups excluding carboxylic acids is 1. The van der Waals surface area contributed by atoms with Crippen LogP contribution in [0.1, 0.15) is 51.5 Å². The van der Waals surface area contributed by atoms with Crippen LogP contribution in [0.4, 0.5) is 17.6 Å². The lowest BCUT2D eigenvalue weighted by Gasteiger charge is -2.18. The highest BCUT2D eigenvalue weighted by atomic mass is 19.2. The van der Waals surface area contributed by atoms with Crippen molar-refractivity contribution in [1.29, 1.82) is 0 Å². The second-order valence-electron chi connectivity index (χ2n) is 9.03. The molecule has 8 heteroatoms. The number of hydrogen-bond acceptors (Lipinski definition) is 2. The molecule has 184 valence electrons. The summed E-state index contributed by atoms with van der Waals surface area (Å²) < 4.78 is 57.6. The number of nitrogens with one attached hydrogen (secondary N) is 1. The lowest BCUT2D eigenvalue weighted by Crippen LogP contribution is -2.31. The fourth-order valence-corrected chi connectivity index (χ4v) is 4.69. The van der Waals surface area contributed by atoms with Crippen molar-refractivity contribution in [2.45, 2.75) is 38.8 Å². The summed E-state index contributed by atoms with van der Waals surface area (Å²) >= 11 is 0. The number of fused-ring (bicyclic) bond motifs is 1. The van der Waals surface area contributed by atoms with Crippen molar-refractivity contribution in [3.8, 4) is 0 Å². The molecule has 1 aliphatic rings. The van der Waals surface area contributed by atoms with Crippen LogP contribution in [0.25, 0.3) is 10.8 Å². The van der Waals surface area contributed by atoms with Crippen LogP contribution in [-0.4, -0.2) is 10.5 Å². The molecule has 1 heterocycles. The second-order valence-corrected chi connectivity index (χ2v) is 9.03. The Kier molecular flexibility index (Phi) is 6.12. The topological polar surface area (TPSA) is 51.1 Å². The molecule has 1 aliphatic carbocycles. The smallest absolute Gasteiger partial charge is 0.261 e. The van der Waals surface area contributed by atoms with Gasteiger partial charge in [0.25, 0.3) is 11.5 Å². The van der Waals surface area contributed by atoms with Crippen molar-refractivity contribution in [2.24, 2.45) is 0 Å². The molecule has 0 atom stereocenters. The molecule has 1 fully saturated rings. The van der Waals surface area contributed by atoms with Gasteiger partial charge in [-0.15, -0.1) is 0 Å². The van der Waals surface area contributed by atoms with Crippen LogP contribution in [0.5, 0.6) is 0 Å². The molecule has 0 saturated heterocycles. The number of carbonyl (C=O) groups is 1. The van der Waals surface area contributed by atoms with E-state index in [0.717, 1.165) is 31.0 Å². The van der Waals surface area contributed by atoms with E-state index in [9.17, 15) is 27.2 Å². The average molecular weight is 494 g/mol. The van der Waals surface area contributed by atoms with Crippen molar-refractivity contribution < 1.29 is 22.4 Å². The van der Waals surface area contributed by atoms with Crippen molar-refractivity contribution in [3.05, 3.63) is 116 Å². The summed E-state index contributed by atoms with van der Waals surface area (Å²) in [5, 5.41) is 2.65. The Morgan fingerprint density at radius 1 is 0.944 bits per heavy atom. The van der Waals surface area contributed by atoms with Crippen LogP contribution in [0.2, 0.25) is 0 Å². The lowest BCUT2D eigenvalue weighted by atomic mass is 10.0. The van der Waals surface area contributed by atoms with Crippen LogP contribution in [0.15, 0.2) is 59.4 Å². The first-order chi connectivity index (χ1) is 17.3. The number of hydrogen-bond donors (Lipinski definition) is 1. The molecule has 0 unspecified atom stereocenters. The summed E-state index contributed by atoms with van der Waals surface area (Å²) in [5.74, 6) is -3.65. The number of amides is 1. The largest absolute Gasteiger partial charge is 0.348 e. The number of rotatable bonds is 6. The zero-order valence-electron chi connectivity index (χ0n) is 19.4. The summed E-state index contributed by atoms with van der Waals surface area (Å²) in [5.41, 5.74) is 1.15. The number of benzene rings is 3. The fraction of sp³-hybridized carbons (Fsp3) is 0.214. The normalized spacial score (nSPS) is 13.2. The Morgan fingerprint density at radius 2 is 1.67 bits per heavy atom. The Balaban J connectivity index is 1.56. The van der Waals surface area contributed by atoms with Gasteiger partial charge < -0.3 is 9.88 Å². The Hall–Kier alpha value is -3.94. The summed E-state index contributed by atoms with van der Waals surface area (Å²) in [6.45, 7) is 1.40. The number of nitrogens with zero attached hydrogens (tertiary/aromatic N) is 1. The van der Waals surface area contributed by atoms with Crippen molar-refractivity contribution >= 4 is 16.7 Å². The first-order valence-corrected chi connectivity index (χ1v) is 11.6. The summed E-state index contributed by atoms with van der Waals surface area (Å²) in [6.07, 6.45) is 1.78. The molecular formula is C28H22F4N2O2. The minimum Gasteiger partial charge on any atom is -0.348 e. The highest BCUT2D eigenvalue weighted by Gasteiger charge is 2.29. The Morgan fingerprint density at radius 3 is 2.39 bits per heavy atom. The Labute approximate surface area is 204 Å². The standard InChI is InChI=1S/C28H22F4N2O2/c1-15-24(27(35)33-13-18-4-2-6-21(30)25(18)17-9-10-17)19-5-3-7-22(31)26(19)28(36)34(15)14-16-8-11-20(29)23(32)12-16/h2-8,11-12,17H,9-10,13-14H2,1H3,(H,33,35). The number of aromatic nitrogens is 1. The Bertz CT molecular complexity index is 1570. The molecule has 1 amide bonds. The first-order valence-electron chi connectivity index (χ1n) is 11.6. The van der Waals surface area contributed by atoms with Gasteiger partial charge in [0, 0.05) is 17.6 Å². The predicted molar refractivity (Wildman–Crippen MR) is 128 cm³/mol. The van der Waals surface area contributed by atoms with E-state index in [-0.39, 0.29) is 52.4 Å². The minimum atomic E-state index is -1.08. The molecule has 36 heavy (non-hydrogen) atoms. The molecule has 0 radical (unpaired) electrons. The maximum absolute atomic E-state index is 14.8. The second kappa shape index (κ2) is 9.26. The van der Waals surface area contributed by atoms with Gasteiger partial charge in [-0.1, -0.05) is 30.3 Å². The fourth-order valence-electron chi connectivity index (χ4n) is 4.69. The van der Waals surface area contributed by atoms with Crippen LogP contribution in [0, 0.1) is 30.2 Å². The molecule has 5 rings (SSSR count). The third-order valence-electron chi connectivity index (χ3n) is 6.63. The highest BCUT2D eigenvalue weighted by molar-refractivity contribution is 6.07. The van der Waals surface area contributed by atoms with Crippen LogP contribution in [-0.2, 0) is 13.1 Å². The van der Waals surface area contributed by atoms with Gasteiger partial charge >= 0.3 is 0 Å². The molecule has 1 N–H and O–H groups in total. The summed E-state index contributed by atoms with van der Waals surface area (Å²) in [4.78, 5) is 26.6. The number of pyridine rings is 1. The highest BCUT2D eigenvalue weighted by Crippen LogP contribution is 2.43. The van der Waals surface area contributed by atoms with E-state index in [4.69, 9.17) is 0 Å². The van der Waals surface area contributed by atoms with Crippen molar-refractivity contribution in [2.75, 3.05) is 0 Å². The van der Waals surface area contributed by atoms with Gasteiger partial charge in [-0.25, -0.2) is 17.6 Å². The van der Waals surface area contributed by atoms with Crippen LogP contribution < -0.4 is 10.9 Å². The van der Waals surface area contributed by atoms with E-state index < -0.39 is 28.9 Å². The zero-order chi connectivity index (χ0) is 25.6. The zero-order valence-corrected chi connectivity index (χ0v) is 19.4. The molecule has 1 aromatic heterocycles. The molecule has 4 nitrogen and oxygen atoms in total. The van der Waals surface area contributed by atoms with Gasteiger partial charge in [-0.2, -0.15) is 0 Å². The van der Waals surface area contributed by atoms with Crippen molar-refractivity contribution in [3.63, 3.8) is 0 Å². The molecule has 0 spiro atoms. The SMILES string of the molecule is Cc1c(C(=O)NCc2cccc(F)c2C2CC2)c2cccc(F)c2c(=O)n1Cc1ccc(F)c(F)c1. The third-order valence-corrected chi connectivity index (χ3v) is 6.63. The van der Waals surface area contributed by atoms with E-state index in [1.165, 1.54) is 28.8 Å². The third kappa shape index (κ3) is 4.27. The molecule has 0 aliphatic heterocycles. The lowest BCUT2D eigenvalue weighted by molar-refractivity contribution is 0.0951. The molecular weight excluding hydrogens is 472 g/mol. The van der Waals surface area contributed by atoms with Gasteiger partial charge in [0.15, 0.2) is 11.6 Å². The predicted octanol–water partition coefficient (Wildman–Crippen LogP) is 5.72. The maximum atomic E-state index is 14.8. The molecule has 4 aromatic rings. The van der Waals surface area contributed by atoms with Crippen LogP contribution in [0.3, 0.4) is 0 Å². The monoisotopic (exact) mass is 494 g/mol. The van der Waals surface area contributed by atoms with E-state index in [0.29, 0.717) is 11.1 Å². The number of halogens is 4.